The Morgan fingerprint density at radius 2 is 0.906 bits per heavy atom. The summed E-state index contributed by atoms with van der Waals surface area (Å²) in [7, 11) is -17.4. The van der Waals surface area contributed by atoms with Crippen molar-refractivity contribution in [2.45, 2.75) is 41.6 Å². The highest BCUT2D eigenvalue weighted by molar-refractivity contribution is 8.05. The van der Waals surface area contributed by atoms with E-state index in [0.29, 0.717) is 6.92 Å². The van der Waals surface area contributed by atoms with Gasteiger partial charge in [0.15, 0.2) is 0 Å². The van der Waals surface area contributed by atoms with Crippen molar-refractivity contribution in [3.8, 4) is 0 Å². The molecule has 32 heavy (non-hydrogen) atoms. The third-order valence-electron chi connectivity index (χ3n) is 2.94. The molecule has 0 saturated carbocycles. The van der Waals surface area contributed by atoms with E-state index in [4.69, 9.17) is 0 Å². The molecular weight excluding hydrogens is 548 g/mol. The highest BCUT2D eigenvalue weighted by atomic mass is 32.3. The number of rotatable bonds is 7. The fraction of sp³-hybridized carbons (Fsp3) is 0.889. The second kappa shape index (κ2) is 7.90. The van der Waals surface area contributed by atoms with Crippen LogP contribution in [-0.4, -0.2) is 68.0 Å². The van der Waals surface area contributed by atoms with Crippen LogP contribution in [0.2, 0.25) is 0 Å². The highest BCUT2D eigenvalue weighted by Gasteiger charge is 2.85. The molecule has 0 aromatic rings. The van der Waals surface area contributed by atoms with Crippen LogP contribution in [-0.2, 0) is 24.8 Å². The molecule has 7 nitrogen and oxygen atoms in total. The number of amides is 1. The van der Waals surface area contributed by atoms with Crippen LogP contribution in [0.1, 0.15) is 6.92 Å². The Morgan fingerprint density at radius 3 is 1.09 bits per heavy atom. The maximum absolute atomic E-state index is 13.5. The third kappa shape index (κ3) is 4.11. The third-order valence-corrected chi connectivity index (χ3v) is 7.10. The Bertz CT molecular complexity index is 867. The molecule has 0 atom stereocenters. The maximum Gasteiger partial charge on any atom is 0.461 e. The van der Waals surface area contributed by atoms with Crippen LogP contribution in [0.3, 0.4) is 0 Å². The van der Waals surface area contributed by atoms with Crippen LogP contribution in [0.4, 0.5) is 66.3 Å². The lowest BCUT2D eigenvalue weighted by Crippen LogP contribution is -2.66. The van der Waals surface area contributed by atoms with Crippen LogP contribution in [0, 0.1) is 0 Å². The summed E-state index contributed by atoms with van der Waals surface area (Å²) < 4.78 is 225. The van der Waals surface area contributed by atoms with E-state index in [9.17, 15) is 83.1 Å². The van der Waals surface area contributed by atoms with Crippen LogP contribution in [0.5, 0.6) is 0 Å². The predicted molar refractivity (Wildman–Crippen MR) is 68.6 cm³/mol. The van der Waals surface area contributed by atoms with Gasteiger partial charge in [-0.1, -0.05) is 3.71 Å². The van der Waals surface area contributed by atoms with Crippen LogP contribution < -0.4 is 0 Å². The van der Waals surface area contributed by atoms with E-state index in [-0.39, 0.29) is 0 Å². The first-order chi connectivity index (χ1) is 13.6. The Morgan fingerprint density at radius 1 is 0.656 bits per heavy atom. The molecule has 0 aromatic heterocycles. The molecule has 0 aromatic carbocycles. The van der Waals surface area contributed by atoms with Crippen LogP contribution >= 0.6 is 0 Å². The van der Waals surface area contributed by atoms with Gasteiger partial charge in [0.1, 0.15) is 0 Å². The number of ether oxygens (including phenoxy) is 1. The maximum atomic E-state index is 13.5. The first-order valence-corrected chi connectivity index (χ1v) is 9.59. The van der Waals surface area contributed by atoms with Crippen molar-refractivity contribution in [3.05, 3.63) is 0 Å². The lowest BCUT2D eigenvalue weighted by Gasteiger charge is -2.34. The van der Waals surface area contributed by atoms with Crippen molar-refractivity contribution in [2.24, 2.45) is 0 Å². The minimum Gasteiger partial charge on any atom is -0.448 e. The number of halogens is 14. The lowest BCUT2D eigenvalue weighted by atomic mass is 10.3. The number of hydrogen-bond acceptors (Lipinski definition) is 6. The molecule has 0 aliphatic heterocycles. The zero-order chi connectivity index (χ0) is 26.6. The molecule has 0 aliphatic rings. The first-order valence-electron chi connectivity index (χ1n) is 6.71. The second-order valence-corrected chi connectivity index (χ2v) is 8.97. The molecule has 0 spiro atoms. The van der Waals surface area contributed by atoms with E-state index < -0.39 is 71.2 Å². The van der Waals surface area contributed by atoms with Gasteiger partial charge >= 0.3 is 60.8 Å². The second-order valence-electron chi connectivity index (χ2n) is 5.08. The normalized spacial score (nSPS) is 15.5. The van der Waals surface area contributed by atoms with Gasteiger partial charge in [0.05, 0.1) is 6.61 Å². The summed E-state index contributed by atoms with van der Waals surface area (Å²) >= 11 is 0. The van der Waals surface area contributed by atoms with Gasteiger partial charge in [-0.25, -0.2) is 4.79 Å². The molecule has 0 unspecified atom stereocenters. The van der Waals surface area contributed by atoms with E-state index in [1.54, 1.807) is 0 Å². The molecular formula is C9H5F14NO6S2. The van der Waals surface area contributed by atoms with Crippen molar-refractivity contribution >= 4 is 26.1 Å². The molecule has 0 saturated heterocycles. The van der Waals surface area contributed by atoms with E-state index in [0.717, 1.165) is 0 Å². The van der Waals surface area contributed by atoms with Gasteiger partial charge in [0, 0.05) is 0 Å². The number of sulfonamides is 2. The number of alkyl halides is 14. The van der Waals surface area contributed by atoms with Gasteiger partial charge in [-0.05, 0) is 6.92 Å². The molecule has 0 radical (unpaired) electrons. The molecule has 0 bridgehead atoms. The fourth-order valence-electron chi connectivity index (χ4n) is 1.36. The van der Waals surface area contributed by atoms with Gasteiger partial charge in [-0.3, -0.25) is 0 Å². The zero-order valence-corrected chi connectivity index (χ0v) is 15.8. The number of hydrogen-bond donors (Lipinski definition) is 0. The minimum atomic E-state index is -8.72. The summed E-state index contributed by atoms with van der Waals surface area (Å²) in [5.41, 5.74) is 0. The van der Waals surface area contributed by atoms with E-state index in [1.165, 1.54) is 0 Å². The average molecular weight is 553 g/mol. The summed E-state index contributed by atoms with van der Waals surface area (Å²) in [5.74, 6) is -15.8. The average Bonchev–Trinajstić information content (AvgIpc) is 2.51. The molecule has 192 valence electrons. The number of carbonyl (C=O) groups excluding carboxylic acids is 1. The molecule has 0 rings (SSSR count). The van der Waals surface area contributed by atoms with Gasteiger partial charge in [0.25, 0.3) is 0 Å². The minimum absolute atomic E-state index is 0.472. The largest absolute Gasteiger partial charge is 0.461 e. The molecule has 0 fully saturated rings. The molecule has 0 N–H and O–H groups in total. The van der Waals surface area contributed by atoms with E-state index >= 15 is 0 Å². The van der Waals surface area contributed by atoms with Crippen molar-refractivity contribution in [1.82, 2.24) is 3.71 Å². The Kier molecular flexibility index (Phi) is 7.45. The van der Waals surface area contributed by atoms with E-state index in [2.05, 4.69) is 4.74 Å². The number of carbonyl (C=O) groups is 1. The SMILES string of the molecule is CCOC(=O)N(S(=O)(=O)C(F)(F)C(F)(F)C(F)(F)F)S(=O)(=O)C(F)(F)C(F)(F)C(F)(F)F. The summed E-state index contributed by atoms with van der Waals surface area (Å²) in [6.07, 6.45) is -19.0. The van der Waals surface area contributed by atoms with Gasteiger partial charge in [0.2, 0.25) is 0 Å². The zero-order valence-electron chi connectivity index (χ0n) is 14.2. The molecule has 23 heteroatoms. The topological polar surface area (TPSA) is 97.8 Å². The first kappa shape index (κ1) is 30.2. The summed E-state index contributed by atoms with van der Waals surface area (Å²) in [6.45, 7) is -0.997. The monoisotopic (exact) mass is 553 g/mol. The van der Waals surface area contributed by atoms with Gasteiger partial charge in [-0.15, -0.1) is 0 Å². The van der Waals surface area contributed by atoms with Gasteiger partial charge in [-0.2, -0.15) is 78.3 Å². The van der Waals surface area contributed by atoms with E-state index in [1.807, 2.05) is 0 Å². The standard InChI is InChI=1S/C9H5F14NO6S2/c1-2-30-3(25)24(31(26,27)8(20,21)4(10,11)6(14,15)16)32(28,29)9(22,23)5(12,13)7(17,18)19/h2H2,1H3. The highest BCUT2D eigenvalue weighted by Crippen LogP contribution is 2.54. The summed E-state index contributed by atoms with van der Waals surface area (Å²) in [6, 6.07) is 0. The van der Waals surface area contributed by atoms with Crippen LogP contribution in [0.15, 0.2) is 0 Å². The fourth-order valence-corrected chi connectivity index (χ4v) is 4.75. The smallest absolute Gasteiger partial charge is 0.448 e. The Labute approximate surface area is 167 Å². The summed E-state index contributed by atoms with van der Waals surface area (Å²) in [4.78, 5) is 11.3. The van der Waals surface area contributed by atoms with Crippen molar-refractivity contribution in [1.29, 1.82) is 0 Å². The molecule has 1 amide bonds. The van der Waals surface area contributed by atoms with Crippen molar-refractivity contribution in [3.63, 3.8) is 0 Å². The number of nitrogens with zero attached hydrogens (tertiary/aromatic N) is 1. The lowest BCUT2D eigenvalue weighted by molar-refractivity contribution is -0.333. The molecule has 0 aliphatic carbocycles. The summed E-state index contributed by atoms with van der Waals surface area (Å²) in [5, 5.41) is -15.9. The van der Waals surface area contributed by atoms with Gasteiger partial charge < -0.3 is 4.74 Å². The Hall–Kier alpha value is -1.81. The van der Waals surface area contributed by atoms with Crippen molar-refractivity contribution in [2.75, 3.05) is 6.61 Å². The molecule has 0 heterocycles. The van der Waals surface area contributed by atoms with Crippen LogP contribution in [0.25, 0.3) is 0 Å². The van der Waals surface area contributed by atoms with Crippen molar-refractivity contribution < 1.29 is 87.8 Å². The quantitative estimate of drug-likeness (QED) is 0.447. The Balaban J connectivity index is 7.35. The predicted octanol–water partition coefficient (Wildman–Crippen LogP) is 3.69.